The van der Waals surface area contributed by atoms with Crippen LogP contribution in [0.5, 0.6) is 0 Å². The summed E-state index contributed by atoms with van der Waals surface area (Å²) < 4.78 is 39.3. The number of nitro groups is 1. The van der Waals surface area contributed by atoms with Crippen LogP contribution in [0.25, 0.3) is 0 Å². The number of rotatable bonds is 5. The van der Waals surface area contributed by atoms with Crippen molar-refractivity contribution < 1.29 is 22.8 Å². The molecule has 0 bridgehead atoms. The molecule has 2 N–H and O–H groups in total. The first-order valence-corrected chi connectivity index (χ1v) is 6.75. The molecule has 0 aliphatic rings. The van der Waals surface area contributed by atoms with Crippen LogP contribution in [0.3, 0.4) is 0 Å². The number of nitrogens with one attached hydrogen (secondary N) is 1. The smallest absolute Gasteiger partial charge is 0.306 e. The molecule has 0 amide bonds. The molecule has 9 heteroatoms. The zero-order chi connectivity index (χ0) is 14.8. The van der Waals surface area contributed by atoms with Gasteiger partial charge in [0.05, 0.1) is 16.4 Å². The molecule has 0 spiro atoms. The summed E-state index contributed by atoms with van der Waals surface area (Å²) in [5.41, 5.74) is -0.872. The molecular formula is C10H13FN2O5S. The number of aliphatic hydroxyl groups is 1. The SMILES string of the molecule is Cc1cc(F)c([N+](=O)[O-])cc1S(=O)(=O)N[C@H](C)CO. The van der Waals surface area contributed by atoms with E-state index in [1.165, 1.54) is 13.8 Å². The molecule has 0 radical (unpaired) electrons. The predicted octanol–water partition coefficient (Wildman–Crippen LogP) is 0.701. The van der Waals surface area contributed by atoms with Gasteiger partial charge in [0.1, 0.15) is 0 Å². The van der Waals surface area contributed by atoms with Gasteiger partial charge in [-0.25, -0.2) is 13.1 Å². The van der Waals surface area contributed by atoms with Crippen LogP contribution >= 0.6 is 0 Å². The van der Waals surface area contributed by atoms with Crippen molar-refractivity contribution in [1.82, 2.24) is 4.72 Å². The molecule has 0 saturated carbocycles. The van der Waals surface area contributed by atoms with E-state index in [1.807, 2.05) is 0 Å². The molecule has 19 heavy (non-hydrogen) atoms. The maximum atomic E-state index is 13.3. The number of nitro benzene ring substituents is 1. The molecule has 0 saturated heterocycles. The molecule has 1 rings (SSSR count). The van der Waals surface area contributed by atoms with E-state index in [-0.39, 0.29) is 10.5 Å². The molecule has 1 aromatic carbocycles. The molecule has 0 fully saturated rings. The maximum absolute atomic E-state index is 13.3. The Hall–Kier alpha value is -1.58. The highest BCUT2D eigenvalue weighted by Crippen LogP contribution is 2.25. The quantitative estimate of drug-likeness (QED) is 0.613. The summed E-state index contributed by atoms with van der Waals surface area (Å²) in [4.78, 5) is 9.22. The lowest BCUT2D eigenvalue weighted by atomic mass is 10.2. The van der Waals surface area contributed by atoms with Gasteiger partial charge in [-0.2, -0.15) is 4.39 Å². The van der Waals surface area contributed by atoms with Crippen LogP contribution in [0.4, 0.5) is 10.1 Å². The van der Waals surface area contributed by atoms with E-state index in [2.05, 4.69) is 4.72 Å². The molecule has 7 nitrogen and oxygen atoms in total. The molecule has 1 aromatic rings. The minimum Gasteiger partial charge on any atom is -0.395 e. The Bertz CT molecular complexity index is 602. The zero-order valence-electron chi connectivity index (χ0n) is 10.3. The van der Waals surface area contributed by atoms with Crippen LogP contribution in [-0.2, 0) is 10.0 Å². The Kier molecular flexibility index (Phi) is 4.56. The second-order valence-electron chi connectivity index (χ2n) is 4.03. The highest BCUT2D eigenvalue weighted by Gasteiger charge is 2.25. The number of hydrogen-bond acceptors (Lipinski definition) is 5. The van der Waals surface area contributed by atoms with Crippen LogP contribution in [0.15, 0.2) is 17.0 Å². The van der Waals surface area contributed by atoms with Gasteiger partial charge in [-0.1, -0.05) is 0 Å². The fourth-order valence-corrected chi connectivity index (χ4v) is 2.92. The third kappa shape index (κ3) is 3.46. The minimum atomic E-state index is -4.06. The van der Waals surface area contributed by atoms with Crippen molar-refractivity contribution in [3.8, 4) is 0 Å². The van der Waals surface area contributed by atoms with E-state index in [0.29, 0.717) is 6.07 Å². The second kappa shape index (κ2) is 5.59. The van der Waals surface area contributed by atoms with E-state index in [1.54, 1.807) is 0 Å². The number of sulfonamides is 1. The predicted molar refractivity (Wildman–Crippen MR) is 64.7 cm³/mol. The second-order valence-corrected chi connectivity index (χ2v) is 5.71. The van der Waals surface area contributed by atoms with Crippen LogP contribution < -0.4 is 4.72 Å². The Balaban J connectivity index is 3.34. The summed E-state index contributed by atoms with van der Waals surface area (Å²) in [5.74, 6) is -1.10. The van der Waals surface area contributed by atoms with Gasteiger partial charge in [0.2, 0.25) is 15.8 Å². The topological polar surface area (TPSA) is 110 Å². The third-order valence-electron chi connectivity index (χ3n) is 2.36. The van der Waals surface area contributed by atoms with Gasteiger partial charge in [0.25, 0.3) is 0 Å². The van der Waals surface area contributed by atoms with Crippen molar-refractivity contribution in [2.24, 2.45) is 0 Å². The standard InChI is InChI=1S/C10H13FN2O5S/c1-6-3-8(11)9(13(15)16)4-10(6)19(17,18)12-7(2)5-14/h3-4,7,12,14H,5H2,1-2H3/t7-/m1/s1. The van der Waals surface area contributed by atoms with Gasteiger partial charge < -0.3 is 5.11 Å². The first-order valence-electron chi connectivity index (χ1n) is 5.26. The van der Waals surface area contributed by atoms with E-state index < -0.39 is 39.1 Å². The van der Waals surface area contributed by atoms with Gasteiger partial charge in [-0.3, -0.25) is 10.1 Å². The largest absolute Gasteiger partial charge is 0.395 e. The third-order valence-corrected chi connectivity index (χ3v) is 4.09. The minimum absolute atomic E-state index is 0.0424. The lowest BCUT2D eigenvalue weighted by Gasteiger charge is -2.13. The number of halogens is 1. The van der Waals surface area contributed by atoms with E-state index in [0.717, 1.165) is 6.07 Å². The molecule has 1 atom stereocenters. The number of benzene rings is 1. The van der Waals surface area contributed by atoms with Crippen LogP contribution in [-0.4, -0.2) is 31.1 Å². The fourth-order valence-electron chi connectivity index (χ4n) is 1.44. The van der Waals surface area contributed by atoms with Gasteiger partial charge in [-0.15, -0.1) is 0 Å². The Morgan fingerprint density at radius 1 is 1.53 bits per heavy atom. The molecule has 106 valence electrons. The summed E-state index contributed by atoms with van der Waals surface area (Å²) in [6.45, 7) is 2.32. The van der Waals surface area contributed by atoms with Crippen molar-refractivity contribution in [3.63, 3.8) is 0 Å². The van der Waals surface area contributed by atoms with Gasteiger partial charge in [-0.05, 0) is 25.5 Å². The highest BCUT2D eigenvalue weighted by atomic mass is 32.2. The zero-order valence-corrected chi connectivity index (χ0v) is 11.1. The first kappa shape index (κ1) is 15.5. The average molecular weight is 292 g/mol. The Labute approximate surface area is 109 Å². The molecule has 0 aromatic heterocycles. The maximum Gasteiger partial charge on any atom is 0.306 e. The highest BCUT2D eigenvalue weighted by molar-refractivity contribution is 7.89. The lowest BCUT2D eigenvalue weighted by Crippen LogP contribution is -2.35. The lowest BCUT2D eigenvalue weighted by molar-refractivity contribution is -0.387. The van der Waals surface area contributed by atoms with Crippen molar-refractivity contribution in [1.29, 1.82) is 0 Å². The number of aryl methyl sites for hydroxylation is 1. The van der Waals surface area contributed by atoms with E-state index in [9.17, 15) is 22.9 Å². The van der Waals surface area contributed by atoms with Crippen molar-refractivity contribution in [2.75, 3.05) is 6.61 Å². The van der Waals surface area contributed by atoms with Gasteiger partial charge >= 0.3 is 5.69 Å². The van der Waals surface area contributed by atoms with E-state index in [4.69, 9.17) is 5.11 Å². The molecular weight excluding hydrogens is 279 g/mol. The Morgan fingerprint density at radius 3 is 2.58 bits per heavy atom. The summed E-state index contributed by atoms with van der Waals surface area (Å²) in [6.07, 6.45) is 0. The van der Waals surface area contributed by atoms with E-state index >= 15 is 0 Å². The molecule has 0 aliphatic carbocycles. The number of aliphatic hydroxyl groups excluding tert-OH is 1. The van der Waals surface area contributed by atoms with Gasteiger partial charge in [0, 0.05) is 12.1 Å². The normalized spacial score (nSPS) is 13.3. The molecule has 0 unspecified atom stereocenters. The summed E-state index contributed by atoms with van der Waals surface area (Å²) in [6, 6.07) is 0.696. The molecule has 0 heterocycles. The van der Waals surface area contributed by atoms with Crippen molar-refractivity contribution in [2.45, 2.75) is 24.8 Å². The average Bonchev–Trinajstić information content (AvgIpc) is 2.27. The van der Waals surface area contributed by atoms with Crippen molar-refractivity contribution >= 4 is 15.7 Å². The summed E-state index contributed by atoms with van der Waals surface area (Å²) in [7, 11) is -4.06. The Morgan fingerprint density at radius 2 is 2.11 bits per heavy atom. The first-order chi connectivity index (χ1) is 8.69. The van der Waals surface area contributed by atoms with Crippen LogP contribution in [0.2, 0.25) is 0 Å². The van der Waals surface area contributed by atoms with Gasteiger partial charge in [0.15, 0.2) is 0 Å². The van der Waals surface area contributed by atoms with Crippen LogP contribution in [0, 0.1) is 22.9 Å². The summed E-state index contributed by atoms with van der Waals surface area (Å²) >= 11 is 0. The number of hydrogen-bond donors (Lipinski definition) is 2. The monoisotopic (exact) mass is 292 g/mol. The van der Waals surface area contributed by atoms with Crippen LogP contribution in [0.1, 0.15) is 12.5 Å². The van der Waals surface area contributed by atoms with Crippen molar-refractivity contribution in [3.05, 3.63) is 33.6 Å². The number of nitrogens with zero attached hydrogens (tertiary/aromatic N) is 1. The summed E-state index contributed by atoms with van der Waals surface area (Å²) in [5, 5.41) is 19.4. The fraction of sp³-hybridized carbons (Fsp3) is 0.400. The molecule has 0 aliphatic heterocycles.